The fourth-order valence-corrected chi connectivity index (χ4v) is 1.42. The minimum Gasteiger partial charge on any atom is -0.495 e. The van der Waals surface area contributed by atoms with E-state index < -0.39 is 0 Å². The third-order valence-electron chi connectivity index (χ3n) is 1.40. The summed E-state index contributed by atoms with van der Waals surface area (Å²) in [5.41, 5.74) is 0. The van der Waals surface area contributed by atoms with E-state index >= 15 is 0 Å². The largest absolute Gasteiger partial charge is 0.495 e. The summed E-state index contributed by atoms with van der Waals surface area (Å²) in [6, 6.07) is 1.68. The Morgan fingerprint density at radius 2 is 2.23 bits per heavy atom. The summed E-state index contributed by atoms with van der Waals surface area (Å²) in [5, 5.41) is 10.5. The molecule has 0 fully saturated rings. The van der Waals surface area contributed by atoms with E-state index in [1.165, 1.54) is 14.2 Å². The van der Waals surface area contributed by atoms with E-state index in [2.05, 4.69) is 4.98 Å². The Morgan fingerprint density at radius 3 is 2.77 bits per heavy atom. The lowest BCUT2D eigenvalue weighted by molar-refractivity contribution is 0.364. The molecule has 1 rings (SSSR count). The van der Waals surface area contributed by atoms with E-state index in [0.29, 0.717) is 16.5 Å². The van der Waals surface area contributed by atoms with Crippen LogP contribution in [0.2, 0.25) is 0 Å². The summed E-state index contributed by atoms with van der Waals surface area (Å²) in [6.45, 7) is 0. The number of ether oxygens (including phenoxy) is 2. The highest BCUT2D eigenvalue weighted by Crippen LogP contribution is 2.34. The minimum absolute atomic E-state index is 0.408. The Bertz CT molecular complexity index is 313. The number of rotatable bonds is 3. The highest BCUT2D eigenvalue weighted by molar-refractivity contribution is 8.03. The van der Waals surface area contributed by atoms with Gasteiger partial charge in [-0.2, -0.15) is 5.26 Å². The lowest BCUT2D eigenvalue weighted by atomic mass is 10.4. The maximum Gasteiger partial charge on any atom is 0.231 e. The highest BCUT2D eigenvalue weighted by atomic mass is 32.2. The number of pyridine rings is 1. The third-order valence-corrected chi connectivity index (χ3v) is 2.07. The monoisotopic (exact) mass is 196 g/mol. The topological polar surface area (TPSA) is 55.1 Å². The fraction of sp³-hybridized carbons (Fsp3) is 0.250. The van der Waals surface area contributed by atoms with E-state index in [1.54, 1.807) is 12.3 Å². The van der Waals surface area contributed by atoms with Gasteiger partial charge in [0.25, 0.3) is 0 Å². The van der Waals surface area contributed by atoms with Crippen molar-refractivity contribution < 1.29 is 9.47 Å². The van der Waals surface area contributed by atoms with Crippen molar-refractivity contribution in [3.63, 3.8) is 0 Å². The Hall–Kier alpha value is -1.41. The molecule has 0 saturated heterocycles. The molecule has 0 N–H and O–H groups in total. The first kappa shape index (κ1) is 9.68. The van der Waals surface area contributed by atoms with Gasteiger partial charge >= 0.3 is 0 Å². The molecular weight excluding hydrogens is 188 g/mol. The van der Waals surface area contributed by atoms with Crippen molar-refractivity contribution in [2.75, 3.05) is 14.2 Å². The second-order valence-corrected chi connectivity index (χ2v) is 2.84. The summed E-state index contributed by atoms with van der Waals surface area (Å²) in [7, 11) is 3.04. The van der Waals surface area contributed by atoms with Crippen LogP contribution >= 0.6 is 11.8 Å². The van der Waals surface area contributed by atoms with Crippen molar-refractivity contribution >= 4 is 11.8 Å². The van der Waals surface area contributed by atoms with Gasteiger partial charge in [-0.05, 0) is 17.8 Å². The quantitative estimate of drug-likeness (QED) is 0.543. The zero-order valence-corrected chi connectivity index (χ0v) is 8.09. The van der Waals surface area contributed by atoms with Crippen LogP contribution in [0.15, 0.2) is 17.2 Å². The zero-order chi connectivity index (χ0) is 9.68. The molecule has 0 amide bonds. The molecule has 0 aliphatic carbocycles. The smallest absolute Gasteiger partial charge is 0.231 e. The van der Waals surface area contributed by atoms with Crippen molar-refractivity contribution in [1.29, 1.82) is 5.26 Å². The molecule has 0 unspecified atom stereocenters. The number of nitrogens with zero attached hydrogens (tertiary/aromatic N) is 2. The molecular formula is C8H8N2O2S. The van der Waals surface area contributed by atoms with Gasteiger partial charge in [-0.15, -0.1) is 0 Å². The minimum atomic E-state index is 0.408. The van der Waals surface area contributed by atoms with Gasteiger partial charge in [0.15, 0.2) is 0 Å². The number of nitriles is 1. The summed E-state index contributed by atoms with van der Waals surface area (Å²) < 4.78 is 10.0. The van der Waals surface area contributed by atoms with Gasteiger partial charge in [-0.1, -0.05) is 0 Å². The van der Waals surface area contributed by atoms with Crippen LogP contribution in [0, 0.1) is 10.7 Å². The van der Waals surface area contributed by atoms with Crippen LogP contribution in [0.4, 0.5) is 0 Å². The zero-order valence-electron chi connectivity index (χ0n) is 7.27. The average molecular weight is 196 g/mol. The second-order valence-electron chi connectivity index (χ2n) is 2.04. The number of methoxy groups -OCH3 is 2. The fourth-order valence-electron chi connectivity index (χ4n) is 0.858. The van der Waals surface area contributed by atoms with Gasteiger partial charge in [0.2, 0.25) is 5.88 Å². The number of thioether (sulfide) groups is 1. The van der Waals surface area contributed by atoms with E-state index in [9.17, 15) is 0 Å². The van der Waals surface area contributed by atoms with Crippen molar-refractivity contribution in [3.8, 4) is 17.0 Å². The standard InChI is InChI=1S/C8H8N2O2S/c1-11-6-3-4-10-8(12-2)7(6)13-5-9/h3-4H,1-2H3. The molecule has 0 aliphatic rings. The first-order valence-electron chi connectivity index (χ1n) is 3.46. The third kappa shape index (κ3) is 2.04. The van der Waals surface area contributed by atoms with E-state index in [0.717, 1.165) is 11.8 Å². The molecule has 0 saturated carbocycles. The molecule has 1 aromatic heterocycles. The molecule has 68 valence electrons. The molecule has 0 aliphatic heterocycles. The molecule has 0 atom stereocenters. The molecule has 0 spiro atoms. The first-order valence-corrected chi connectivity index (χ1v) is 4.28. The summed E-state index contributed by atoms with van der Waals surface area (Å²) in [4.78, 5) is 4.56. The summed E-state index contributed by atoms with van der Waals surface area (Å²) >= 11 is 0.971. The molecule has 0 radical (unpaired) electrons. The molecule has 0 bridgehead atoms. The second kappa shape index (κ2) is 4.58. The Labute approximate surface area is 80.5 Å². The summed E-state index contributed by atoms with van der Waals surface area (Å²) in [5.74, 6) is 1.00. The van der Waals surface area contributed by atoms with Crippen LogP contribution in [0.1, 0.15) is 0 Å². The predicted octanol–water partition coefficient (Wildman–Crippen LogP) is 1.67. The van der Waals surface area contributed by atoms with Crippen molar-refractivity contribution in [2.45, 2.75) is 4.90 Å². The number of hydrogen-bond acceptors (Lipinski definition) is 5. The van der Waals surface area contributed by atoms with Gasteiger partial charge < -0.3 is 9.47 Å². The van der Waals surface area contributed by atoms with Gasteiger partial charge in [-0.3, -0.25) is 0 Å². The van der Waals surface area contributed by atoms with E-state index in [-0.39, 0.29) is 0 Å². The van der Waals surface area contributed by atoms with Gasteiger partial charge in [0.1, 0.15) is 16.0 Å². The van der Waals surface area contributed by atoms with Crippen LogP contribution in [0.25, 0.3) is 0 Å². The summed E-state index contributed by atoms with van der Waals surface area (Å²) in [6.07, 6.45) is 1.57. The van der Waals surface area contributed by atoms with Crippen LogP contribution in [0.5, 0.6) is 11.6 Å². The molecule has 1 aromatic rings. The number of thiocyanates is 1. The lowest BCUT2D eigenvalue weighted by Gasteiger charge is -2.07. The number of hydrogen-bond donors (Lipinski definition) is 0. The molecule has 0 aromatic carbocycles. The van der Waals surface area contributed by atoms with Gasteiger partial charge in [-0.25, -0.2) is 4.98 Å². The molecule has 13 heavy (non-hydrogen) atoms. The Morgan fingerprint density at radius 1 is 1.46 bits per heavy atom. The molecule has 5 heteroatoms. The number of aromatic nitrogens is 1. The van der Waals surface area contributed by atoms with E-state index in [1.807, 2.05) is 5.40 Å². The SMILES string of the molecule is COc1ccnc(OC)c1SC#N. The Balaban J connectivity index is 3.14. The lowest BCUT2D eigenvalue weighted by Crippen LogP contribution is -1.93. The first-order chi connectivity index (χ1) is 6.33. The molecule has 4 nitrogen and oxygen atoms in total. The van der Waals surface area contributed by atoms with Crippen LogP contribution in [-0.4, -0.2) is 19.2 Å². The predicted molar refractivity (Wildman–Crippen MR) is 48.8 cm³/mol. The van der Waals surface area contributed by atoms with Crippen molar-refractivity contribution in [1.82, 2.24) is 4.98 Å². The Kier molecular flexibility index (Phi) is 3.41. The van der Waals surface area contributed by atoms with Crippen molar-refractivity contribution in [2.24, 2.45) is 0 Å². The van der Waals surface area contributed by atoms with Crippen LogP contribution < -0.4 is 9.47 Å². The highest BCUT2D eigenvalue weighted by Gasteiger charge is 2.10. The maximum atomic E-state index is 8.53. The van der Waals surface area contributed by atoms with Gasteiger partial charge in [0, 0.05) is 6.20 Å². The normalized spacial score (nSPS) is 9.00. The van der Waals surface area contributed by atoms with Crippen LogP contribution in [0.3, 0.4) is 0 Å². The van der Waals surface area contributed by atoms with Crippen molar-refractivity contribution in [3.05, 3.63) is 12.3 Å². The van der Waals surface area contributed by atoms with E-state index in [4.69, 9.17) is 14.7 Å². The maximum absolute atomic E-state index is 8.53. The molecule has 1 heterocycles. The average Bonchev–Trinajstić information content (AvgIpc) is 2.18. The van der Waals surface area contributed by atoms with Gasteiger partial charge in [0.05, 0.1) is 14.2 Å². The van der Waals surface area contributed by atoms with Crippen LogP contribution in [-0.2, 0) is 0 Å².